The third-order valence-electron chi connectivity index (χ3n) is 6.06. The smallest absolute Gasteiger partial charge is 0.244 e. The van der Waals surface area contributed by atoms with E-state index in [0.29, 0.717) is 21.3 Å². The number of hydrogen-bond donors (Lipinski definition) is 1. The van der Waals surface area contributed by atoms with Gasteiger partial charge >= 0.3 is 0 Å². The Morgan fingerprint density at radius 2 is 1.59 bits per heavy atom. The third-order valence-corrected chi connectivity index (χ3v) is 7.79. The molecule has 3 rings (SSSR count). The van der Waals surface area contributed by atoms with Crippen molar-refractivity contribution >= 4 is 50.7 Å². The molecule has 39 heavy (non-hydrogen) atoms. The van der Waals surface area contributed by atoms with Gasteiger partial charge in [0.25, 0.3) is 0 Å². The lowest BCUT2D eigenvalue weighted by molar-refractivity contribution is -0.140. The third kappa shape index (κ3) is 8.71. The first-order chi connectivity index (χ1) is 18.3. The number of rotatable bonds is 11. The van der Waals surface area contributed by atoms with Crippen molar-refractivity contribution in [3.8, 4) is 0 Å². The molecule has 3 aromatic carbocycles. The van der Waals surface area contributed by atoms with E-state index in [1.807, 2.05) is 51.1 Å². The predicted molar refractivity (Wildman–Crippen MR) is 158 cm³/mol. The lowest BCUT2D eigenvalue weighted by Crippen LogP contribution is -2.54. The topological polar surface area (TPSA) is 86.8 Å². The zero-order chi connectivity index (χ0) is 28.7. The van der Waals surface area contributed by atoms with Crippen LogP contribution in [0.5, 0.6) is 0 Å². The van der Waals surface area contributed by atoms with Crippen LogP contribution in [0.4, 0.5) is 5.69 Å². The number of carbonyl (C=O) groups excluding carboxylic acids is 2. The minimum absolute atomic E-state index is 0.0245. The highest BCUT2D eigenvalue weighted by Gasteiger charge is 2.33. The summed E-state index contributed by atoms with van der Waals surface area (Å²) in [4.78, 5) is 28.9. The van der Waals surface area contributed by atoms with Crippen molar-refractivity contribution in [2.75, 3.05) is 17.1 Å². The maximum Gasteiger partial charge on any atom is 0.244 e. The average molecular weight is 591 g/mol. The minimum Gasteiger partial charge on any atom is -0.352 e. The summed E-state index contributed by atoms with van der Waals surface area (Å²) in [6, 6.07) is 20.0. The SMILES string of the molecule is Cc1ccc(N(CC(=O)N(Cc2ccc(Cl)cc2Cl)C(Cc2ccccc2)C(=O)NC(C)C)S(C)(=O)=O)cc1. The highest BCUT2D eigenvalue weighted by Crippen LogP contribution is 2.25. The number of sulfonamides is 1. The van der Waals surface area contributed by atoms with Gasteiger partial charge in [0, 0.05) is 29.1 Å². The second kappa shape index (κ2) is 13.3. The van der Waals surface area contributed by atoms with Crippen molar-refractivity contribution in [1.82, 2.24) is 10.2 Å². The summed E-state index contributed by atoms with van der Waals surface area (Å²) in [5.41, 5.74) is 2.73. The number of amides is 2. The zero-order valence-electron chi connectivity index (χ0n) is 22.4. The van der Waals surface area contributed by atoms with Crippen molar-refractivity contribution in [3.63, 3.8) is 0 Å². The van der Waals surface area contributed by atoms with Gasteiger partial charge < -0.3 is 10.2 Å². The molecule has 1 atom stereocenters. The van der Waals surface area contributed by atoms with Crippen LogP contribution in [0.1, 0.15) is 30.5 Å². The number of carbonyl (C=O) groups is 2. The molecule has 0 radical (unpaired) electrons. The number of anilines is 1. The predicted octanol–water partition coefficient (Wildman–Crippen LogP) is 5.23. The number of nitrogens with zero attached hydrogens (tertiary/aromatic N) is 2. The Kier molecular flexibility index (Phi) is 10.4. The molecular weight excluding hydrogens is 557 g/mol. The fraction of sp³-hybridized carbons (Fsp3) is 0.310. The van der Waals surface area contributed by atoms with E-state index in [9.17, 15) is 18.0 Å². The maximum absolute atomic E-state index is 14.0. The van der Waals surface area contributed by atoms with Gasteiger partial charge in [-0.1, -0.05) is 77.3 Å². The van der Waals surface area contributed by atoms with E-state index >= 15 is 0 Å². The van der Waals surface area contributed by atoms with Crippen LogP contribution in [0.2, 0.25) is 10.0 Å². The van der Waals surface area contributed by atoms with Crippen LogP contribution in [0.3, 0.4) is 0 Å². The van der Waals surface area contributed by atoms with Gasteiger partial charge in [-0.15, -0.1) is 0 Å². The molecule has 10 heteroatoms. The maximum atomic E-state index is 14.0. The minimum atomic E-state index is -3.83. The number of aryl methyl sites for hydroxylation is 1. The van der Waals surface area contributed by atoms with E-state index in [0.717, 1.165) is 21.7 Å². The number of halogens is 2. The van der Waals surface area contributed by atoms with Crippen LogP contribution in [-0.2, 0) is 32.6 Å². The van der Waals surface area contributed by atoms with Gasteiger partial charge in [-0.25, -0.2) is 8.42 Å². The summed E-state index contributed by atoms with van der Waals surface area (Å²) < 4.78 is 26.7. The molecule has 0 spiro atoms. The van der Waals surface area contributed by atoms with Crippen molar-refractivity contribution in [1.29, 1.82) is 0 Å². The van der Waals surface area contributed by atoms with Gasteiger partial charge in [-0.05, 0) is 56.2 Å². The molecule has 0 aliphatic heterocycles. The monoisotopic (exact) mass is 589 g/mol. The van der Waals surface area contributed by atoms with Crippen molar-refractivity contribution in [3.05, 3.63) is 99.5 Å². The molecule has 0 aliphatic rings. The van der Waals surface area contributed by atoms with E-state index in [1.54, 1.807) is 42.5 Å². The lowest BCUT2D eigenvalue weighted by Gasteiger charge is -2.34. The second-order valence-electron chi connectivity index (χ2n) is 9.73. The molecule has 0 aliphatic carbocycles. The van der Waals surface area contributed by atoms with E-state index in [2.05, 4.69) is 5.32 Å². The van der Waals surface area contributed by atoms with Crippen LogP contribution in [-0.4, -0.2) is 50.0 Å². The molecule has 3 aromatic rings. The summed E-state index contributed by atoms with van der Waals surface area (Å²) in [7, 11) is -3.83. The Labute approximate surface area is 240 Å². The molecular formula is C29H33Cl2N3O4S. The molecule has 0 aromatic heterocycles. The molecule has 1 unspecified atom stereocenters. The Morgan fingerprint density at radius 1 is 0.949 bits per heavy atom. The van der Waals surface area contributed by atoms with Gasteiger partial charge in [0.05, 0.1) is 11.9 Å². The zero-order valence-corrected chi connectivity index (χ0v) is 24.7. The Morgan fingerprint density at radius 3 is 2.15 bits per heavy atom. The highest BCUT2D eigenvalue weighted by atomic mass is 35.5. The largest absolute Gasteiger partial charge is 0.352 e. The molecule has 1 N–H and O–H groups in total. The Hall–Kier alpha value is -3.07. The van der Waals surface area contributed by atoms with Gasteiger partial charge in [0.1, 0.15) is 12.6 Å². The molecule has 0 saturated carbocycles. The molecule has 0 saturated heterocycles. The van der Waals surface area contributed by atoms with Crippen LogP contribution in [0.25, 0.3) is 0 Å². The van der Waals surface area contributed by atoms with Crippen LogP contribution in [0, 0.1) is 6.92 Å². The fourth-order valence-electron chi connectivity index (χ4n) is 4.09. The van der Waals surface area contributed by atoms with Crippen molar-refractivity contribution < 1.29 is 18.0 Å². The summed E-state index contributed by atoms with van der Waals surface area (Å²) in [6.45, 7) is 5.04. The Bertz CT molecular complexity index is 1400. The molecule has 0 heterocycles. The van der Waals surface area contributed by atoms with Crippen LogP contribution < -0.4 is 9.62 Å². The first-order valence-electron chi connectivity index (χ1n) is 12.5. The normalized spacial score (nSPS) is 12.2. The summed E-state index contributed by atoms with van der Waals surface area (Å²) in [6.07, 6.45) is 1.27. The second-order valence-corrected chi connectivity index (χ2v) is 12.5. The lowest BCUT2D eigenvalue weighted by atomic mass is 10.0. The summed E-state index contributed by atoms with van der Waals surface area (Å²) in [5.74, 6) is -0.902. The fourth-order valence-corrected chi connectivity index (χ4v) is 5.41. The van der Waals surface area contributed by atoms with Gasteiger partial charge in [-0.2, -0.15) is 0 Å². The molecule has 208 valence electrons. The van der Waals surface area contributed by atoms with E-state index < -0.39 is 28.5 Å². The average Bonchev–Trinajstić information content (AvgIpc) is 2.86. The van der Waals surface area contributed by atoms with E-state index in [1.165, 1.54) is 4.90 Å². The quantitative estimate of drug-likeness (QED) is 0.331. The van der Waals surface area contributed by atoms with E-state index in [-0.39, 0.29) is 24.9 Å². The van der Waals surface area contributed by atoms with Crippen LogP contribution in [0.15, 0.2) is 72.8 Å². The number of hydrogen-bond acceptors (Lipinski definition) is 4. The molecule has 0 bridgehead atoms. The van der Waals surface area contributed by atoms with Gasteiger partial charge in [0.2, 0.25) is 21.8 Å². The molecule has 0 fully saturated rings. The highest BCUT2D eigenvalue weighted by molar-refractivity contribution is 7.92. The Balaban J connectivity index is 2.07. The standard InChI is InChI=1S/C29H33Cl2N3O4S/c1-20(2)32-29(36)27(16-22-8-6-5-7-9-22)33(18-23-12-13-24(30)17-26(23)31)28(35)19-34(39(4,37)38)25-14-10-21(3)11-15-25/h5-15,17,20,27H,16,18-19H2,1-4H3,(H,32,36). The van der Waals surface area contributed by atoms with Crippen LogP contribution >= 0.6 is 23.2 Å². The van der Waals surface area contributed by atoms with Gasteiger partial charge in [0.15, 0.2) is 0 Å². The first-order valence-corrected chi connectivity index (χ1v) is 15.1. The van der Waals surface area contributed by atoms with E-state index in [4.69, 9.17) is 23.2 Å². The summed E-state index contributed by atoms with van der Waals surface area (Å²) in [5, 5.41) is 3.68. The first kappa shape index (κ1) is 30.5. The summed E-state index contributed by atoms with van der Waals surface area (Å²) >= 11 is 12.6. The van der Waals surface area contributed by atoms with Crippen molar-refractivity contribution in [2.24, 2.45) is 0 Å². The molecule has 7 nitrogen and oxygen atoms in total. The number of benzene rings is 3. The van der Waals surface area contributed by atoms with Crippen molar-refractivity contribution in [2.45, 2.75) is 45.8 Å². The number of nitrogens with one attached hydrogen (secondary N) is 1. The van der Waals surface area contributed by atoms with Gasteiger partial charge in [-0.3, -0.25) is 13.9 Å². The molecule has 2 amide bonds.